The maximum absolute atomic E-state index is 10.8. The van der Waals surface area contributed by atoms with Crippen LogP contribution in [0.4, 0.5) is 0 Å². The normalized spacial score (nSPS) is 10.3. The zero-order valence-corrected chi connectivity index (χ0v) is 9.18. The number of pyridine rings is 1. The number of rotatable bonds is 3. The third-order valence-corrected chi connectivity index (χ3v) is 2.83. The van der Waals surface area contributed by atoms with Crippen LogP contribution in [0.5, 0.6) is 0 Å². The number of aromatic carboxylic acids is 1. The predicted molar refractivity (Wildman–Crippen MR) is 56.3 cm³/mol. The predicted octanol–water partition coefficient (Wildman–Crippen LogP) is 1.06. The fraction of sp³-hybridized carbons (Fsp3) is 0.111. The zero-order valence-electron chi connectivity index (χ0n) is 8.36. The first kappa shape index (κ1) is 10.6. The summed E-state index contributed by atoms with van der Waals surface area (Å²) in [5.74, 6) is -0.970. The quantitative estimate of drug-likeness (QED) is 0.858. The van der Waals surface area contributed by atoms with Crippen LogP contribution >= 0.6 is 11.8 Å². The van der Waals surface area contributed by atoms with Crippen molar-refractivity contribution in [2.75, 3.05) is 0 Å². The van der Waals surface area contributed by atoms with Gasteiger partial charge in [0.1, 0.15) is 11.4 Å². The van der Waals surface area contributed by atoms with Crippen molar-refractivity contribution in [3.63, 3.8) is 0 Å². The van der Waals surface area contributed by atoms with Crippen LogP contribution in [-0.4, -0.2) is 30.8 Å². The molecule has 0 aromatic carbocycles. The van der Waals surface area contributed by atoms with E-state index in [9.17, 15) is 4.79 Å². The summed E-state index contributed by atoms with van der Waals surface area (Å²) >= 11 is 1.27. The lowest BCUT2D eigenvalue weighted by Crippen LogP contribution is -1.97. The van der Waals surface area contributed by atoms with Gasteiger partial charge < -0.3 is 9.67 Å². The lowest BCUT2D eigenvalue weighted by molar-refractivity contribution is 0.0696. The summed E-state index contributed by atoms with van der Waals surface area (Å²) in [5, 5.41) is 17.7. The smallest absolute Gasteiger partial charge is 0.335 e. The molecule has 0 saturated heterocycles. The second kappa shape index (κ2) is 4.31. The minimum Gasteiger partial charge on any atom is -0.478 e. The Bertz CT molecular complexity index is 526. The largest absolute Gasteiger partial charge is 0.478 e. The number of aryl methyl sites for hydroxylation is 1. The number of carboxylic acid groups (broad SMARTS) is 1. The van der Waals surface area contributed by atoms with E-state index < -0.39 is 5.97 Å². The van der Waals surface area contributed by atoms with Gasteiger partial charge in [0, 0.05) is 13.2 Å². The van der Waals surface area contributed by atoms with Gasteiger partial charge in [0.05, 0.1) is 5.56 Å². The summed E-state index contributed by atoms with van der Waals surface area (Å²) in [4.78, 5) is 14.8. The molecule has 0 radical (unpaired) electrons. The highest BCUT2D eigenvalue weighted by Crippen LogP contribution is 2.23. The third-order valence-electron chi connectivity index (χ3n) is 1.85. The van der Waals surface area contributed by atoms with E-state index in [2.05, 4.69) is 15.2 Å². The van der Waals surface area contributed by atoms with E-state index in [1.165, 1.54) is 30.1 Å². The van der Waals surface area contributed by atoms with Crippen LogP contribution in [-0.2, 0) is 7.05 Å². The molecule has 2 aromatic rings. The van der Waals surface area contributed by atoms with Gasteiger partial charge in [-0.15, -0.1) is 10.2 Å². The van der Waals surface area contributed by atoms with E-state index in [1.54, 1.807) is 10.9 Å². The fourth-order valence-electron chi connectivity index (χ4n) is 1.06. The number of carboxylic acids is 1. The van der Waals surface area contributed by atoms with Crippen molar-refractivity contribution in [3.05, 3.63) is 30.2 Å². The summed E-state index contributed by atoms with van der Waals surface area (Å²) < 4.78 is 1.74. The van der Waals surface area contributed by atoms with Crippen molar-refractivity contribution in [3.8, 4) is 0 Å². The Labute approximate surface area is 95.3 Å². The molecule has 0 saturated carbocycles. The van der Waals surface area contributed by atoms with Gasteiger partial charge in [0.25, 0.3) is 0 Å². The Morgan fingerprint density at radius 1 is 1.56 bits per heavy atom. The second-order valence-corrected chi connectivity index (χ2v) is 4.00. The van der Waals surface area contributed by atoms with Gasteiger partial charge in [-0.2, -0.15) is 0 Å². The lowest BCUT2D eigenvalue weighted by Gasteiger charge is -2.00. The highest BCUT2D eigenvalue weighted by molar-refractivity contribution is 7.99. The molecule has 2 aromatic heterocycles. The Morgan fingerprint density at radius 3 is 3.00 bits per heavy atom. The molecule has 2 rings (SSSR count). The van der Waals surface area contributed by atoms with Gasteiger partial charge in [0.2, 0.25) is 0 Å². The second-order valence-electron chi connectivity index (χ2n) is 3.01. The van der Waals surface area contributed by atoms with Crippen LogP contribution in [0.3, 0.4) is 0 Å². The topological polar surface area (TPSA) is 80.9 Å². The molecule has 0 fully saturated rings. The Balaban J connectivity index is 2.25. The first-order chi connectivity index (χ1) is 7.66. The van der Waals surface area contributed by atoms with Crippen molar-refractivity contribution in [1.82, 2.24) is 19.7 Å². The highest BCUT2D eigenvalue weighted by Gasteiger charge is 2.08. The van der Waals surface area contributed by atoms with Gasteiger partial charge in [-0.25, -0.2) is 9.78 Å². The van der Waals surface area contributed by atoms with Crippen LogP contribution in [0.1, 0.15) is 10.4 Å². The Morgan fingerprint density at radius 2 is 2.38 bits per heavy atom. The summed E-state index contributed by atoms with van der Waals surface area (Å²) in [5.41, 5.74) is 0.208. The minimum atomic E-state index is -0.970. The number of aromatic nitrogens is 4. The van der Waals surface area contributed by atoms with E-state index >= 15 is 0 Å². The van der Waals surface area contributed by atoms with Gasteiger partial charge in [0.15, 0.2) is 5.16 Å². The molecule has 0 unspecified atom stereocenters. The number of nitrogens with zero attached hydrogens (tertiary/aromatic N) is 4. The van der Waals surface area contributed by atoms with Crippen LogP contribution in [0.25, 0.3) is 0 Å². The van der Waals surface area contributed by atoms with E-state index in [-0.39, 0.29) is 5.56 Å². The monoisotopic (exact) mass is 236 g/mol. The molecule has 0 atom stereocenters. The summed E-state index contributed by atoms with van der Waals surface area (Å²) in [7, 11) is 1.81. The Kier molecular flexibility index (Phi) is 2.86. The number of carbonyl (C=O) groups is 1. The van der Waals surface area contributed by atoms with Crippen molar-refractivity contribution >= 4 is 17.7 Å². The maximum Gasteiger partial charge on any atom is 0.335 e. The Hall–Kier alpha value is -1.89. The van der Waals surface area contributed by atoms with Gasteiger partial charge >= 0.3 is 5.97 Å². The summed E-state index contributed by atoms with van der Waals surface area (Å²) in [6, 6.07) is 2.95. The van der Waals surface area contributed by atoms with Crippen LogP contribution < -0.4 is 0 Å². The molecule has 0 aliphatic carbocycles. The molecule has 0 bridgehead atoms. The molecule has 0 spiro atoms. The molecule has 16 heavy (non-hydrogen) atoms. The standard InChI is InChI=1S/C9H8N4O2S/c1-13-5-11-12-9(13)16-7-4-6(8(14)15)2-3-10-7/h2-5H,1H3,(H,14,15). The number of hydrogen-bond donors (Lipinski definition) is 1. The van der Waals surface area contributed by atoms with Gasteiger partial charge in [-0.3, -0.25) is 0 Å². The molecular weight excluding hydrogens is 228 g/mol. The van der Waals surface area contributed by atoms with Crippen molar-refractivity contribution in [2.24, 2.45) is 7.05 Å². The van der Waals surface area contributed by atoms with E-state index in [0.717, 1.165) is 0 Å². The van der Waals surface area contributed by atoms with Crippen molar-refractivity contribution in [2.45, 2.75) is 10.2 Å². The SMILES string of the molecule is Cn1cnnc1Sc1cc(C(=O)O)ccn1. The molecule has 0 amide bonds. The first-order valence-electron chi connectivity index (χ1n) is 4.38. The van der Waals surface area contributed by atoms with Crippen LogP contribution in [0.15, 0.2) is 34.8 Å². The molecule has 0 aliphatic heterocycles. The van der Waals surface area contributed by atoms with Crippen LogP contribution in [0, 0.1) is 0 Å². The maximum atomic E-state index is 10.8. The molecule has 82 valence electrons. The lowest BCUT2D eigenvalue weighted by atomic mass is 10.3. The average molecular weight is 236 g/mol. The molecular formula is C9H8N4O2S. The molecule has 7 heteroatoms. The summed E-state index contributed by atoms with van der Waals surface area (Å²) in [6.45, 7) is 0. The van der Waals surface area contributed by atoms with Crippen molar-refractivity contribution < 1.29 is 9.90 Å². The van der Waals surface area contributed by atoms with E-state index in [4.69, 9.17) is 5.11 Å². The van der Waals surface area contributed by atoms with Gasteiger partial charge in [-0.1, -0.05) is 0 Å². The molecule has 0 aliphatic rings. The van der Waals surface area contributed by atoms with Crippen LogP contribution in [0.2, 0.25) is 0 Å². The van der Waals surface area contributed by atoms with Gasteiger partial charge in [-0.05, 0) is 23.9 Å². The molecule has 1 N–H and O–H groups in total. The summed E-state index contributed by atoms with van der Waals surface area (Å²) in [6.07, 6.45) is 3.03. The molecule has 6 nitrogen and oxygen atoms in total. The first-order valence-corrected chi connectivity index (χ1v) is 5.19. The number of hydrogen-bond acceptors (Lipinski definition) is 5. The van der Waals surface area contributed by atoms with Crippen molar-refractivity contribution in [1.29, 1.82) is 0 Å². The third kappa shape index (κ3) is 2.19. The van der Waals surface area contributed by atoms with E-state index in [0.29, 0.717) is 10.2 Å². The minimum absolute atomic E-state index is 0.208. The highest BCUT2D eigenvalue weighted by atomic mass is 32.2. The molecule has 2 heterocycles. The fourth-order valence-corrected chi connectivity index (χ4v) is 1.82. The van der Waals surface area contributed by atoms with E-state index in [1.807, 2.05) is 7.05 Å². The average Bonchev–Trinajstić information content (AvgIpc) is 2.65. The zero-order chi connectivity index (χ0) is 11.5.